The average Bonchev–Trinajstić information content (AvgIpc) is 2.95. The van der Waals surface area contributed by atoms with Crippen molar-refractivity contribution >= 4 is 17.7 Å². The molecule has 122 valence electrons. The van der Waals surface area contributed by atoms with E-state index in [1.165, 1.54) is 32.1 Å². The molecule has 0 aromatic carbocycles. The first-order chi connectivity index (χ1) is 10.6. The van der Waals surface area contributed by atoms with E-state index in [2.05, 4.69) is 27.1 Å². The summed E-state index contributed by atoms with van der Waals surface area (Å²) in [6.45, 7) is 1.78. The van der Waals surface area contributed by atoms with Crippen LogP contribution in [0.25, 0.3) is 0 Å². The zero-order valence-electron chi connectivity index (χ0n) is 13.5. The molecule has 1 N–H and O–H groups in total. The van der Waals surface area contributed by atoms with E-state index in [4.69, 9.17) is 0 Å². The molecule has 2 aliphatic rings. The zero-order valence-corrected chi connectivity index (χ0v) is 14.4. The Morgan fingerprint density at radius 2 is 2.18 bits per heavy atom. The van der Waals surface area contributed by atoms with Gasteiger partial charge in [-0.15, -0.1) is 0 Å². The number of thioether (sulfide) groups is 1. The second-order valence-corrected chi connectivity index (χ2v) is 8.08. The maximum atomic E-state index is 13.0. The molecule has 0 radical (unpaired) electrons. The molecule has 1 unspecified atom stereocenters. The van der Waals surface area contributed by atoms with Gasteiger partial charge in [0, 0.05) is 42.4 Å². The van der Waals surface area contributed by atoms with Gasteiger partial charge in [0.05, 0.1) is 6.20 Å². The van der Waals surface area contributed by atoms with Crippen LogP contribution in [0.15, 0.2) is 12.4 Å². The van der Waals surface area contributed by atoms with Crippen molar-refractivity contribution in [2.24, 2.45) is 7.05 Å². The average molecular weight is 322 g/mol. The Bertz CT molecular complexity index is 518. The first-order valence-corrected chi connectivity index (χ1v) is 9.21. The van der Waals surface area contributed by atoms with Crippen LogP contribution in [0.2, 0.25) is 0 Å². The summed E-state index contributed by atoms with van der Waals surface area (Å²) in [5.74, 6) is 1.26. The van der Waals surface area contributed by atoms with Crippen molar-refractivity contribution in [3.8, 4) is 0 Å². The van der Waals surface area contributed by atoms with Gasteiger partial charge in [0.25, 0.3) is 0 Å². The molecule has 1 amide bonds. The molecule has 1 saturated carbocycles. The molecule has 3 rings (SSSR count). The van der Waals surface area contributed by atoms with Crippen LogP contribution in [0, 0.1) is 0 Å². The number of aryl methyl sites for hydroxylation is 1. The molecule has 1 spiro atoms. The van der Waals surface area contributed by atoms with Gasteiger partial charge in [0.15, 0.2) is 0 Å². The number of likely N-dealkylation sites (N-methyl/N-ethyl adjacent to an activating group) is 1. The highest BCUT2D eigenvalue weighted by Gasteiger charge is 2.40. The van der Waals surface area contributed by atoms with Crippen LogP contribution in [0.1, 0.15) is 43.7 Å². The SMILES string of the molecule is CNC(C(=O)N1CCSC2(CCCCC2)C1)c1cnn(C)c1. The van der Waals surface area contributed by atoms with E-state index in [-0.39, 0.29) is 11.9 Å². The normalized spacial score (nSPS) is 22.7. The molecule has 6 heteroatoms. The maximum absolute atomic E-state index is 13.0. The van der Waals surface area contributed by atoms with Crippen LogP contribution >= 0.6 is 11.8 Å². The number of aromatic nitrogens is 2. The van der Waals surface area contributed by atoms with Gasteiger partial charge in [0.1, 0.15) is 6.04 Å². The van der Waals surface area contributed by atoms with Crippen molar-refractivity contribution in [2.75, 3.05) is 25.9 Å². The third-order valence-electron chi connectivity index (χ3n) is 4.92. The van der Waals surface area contributed by atoms with E-state index in [1.807, 2.05) is 20.3 Å². The second-order valence-electron chi connectivity index (χ2n) is 6.52. The highest BCUT2D eigenvalue weighted by Crippen LogP contribution is 2.43. The van der Waals surface area contributed by atoms with E-state index in [0.29, 0.717) is 4.75 Å². The topological polar surface area (TPSA) is 50.2 Å². The smallest absolute Gasteiger partial charge is 0.244 e. The van der Waals surface area contributed by atoms with E-state index < -0.39 is 0 Å². The Labute approximate surface area is 136 Å². The predicted molar refractivity (Wildman–Crippen MR) is 89.9 cm³/mol. The highest BCUT2D eigenvalue weighted by atomic mass is 32.2. The Hall–Kier alpha value is -1.01. The molecule has 2 fully saturated rings. The molecule has 1 aliphatic heterocycles. The molecule has 2 heterocycles. The van der Waals surface area contributed by atoms with Crippen LogP contribution in [0.4, 0.5) is 0 Å². The van der Waals surface area contributed by atoms with Gasteiger partial charge >= 0.3 is 0 Å². The fourth-order valence-corrected chi connectivity index (χ4v) is 5.31. The molecule has 22 heavy (non-hydrogen) atoms. The van der Waals surface area contributed by atoms with Crippen molar-refractivity contribution in [3.05, 3.63) is 18.0 Å². The monoisotopic (exact) mass is 322 g/mol. The van der Waals surface area contributed by atoms with Crippen LogP contribution in [0.3, 0.4) is 0 Å². The number of rotatable bonds is 3. The summed E-state index contributed by atoms with van der Waals surface area (Å²) >= 11 is 2.10. The summed E-state index contributed by atoms with van der Waals surface area (Å²) in [6, 6.07) is -0.280. The summed E-state index contributed by atoms with van der Waals surface area (Å²) in [4.78, 5) is 15.1. The largest absolute Gasteiger partial charge is 0.339 e. The van der Waals surface area contributed by atoms with Gasteiger partial charge in [-0.25, -0.2) is 0 Å². The van der Waals surface area contributed by atoms with Gasteiger partial charge in [-0.2, -0.15) is 16.9 Å². The zero-order chi connectivity index (χ0) is 15.6. The Morgan fingerprint density at radius 3 is 2.82 bits per heavy atom. The van der Waals surface area contributed by atoms with Gasteiger partial charge < -0.3 is 10.2 Å². The molecule has 0 bridgehead atoms. The summed E-state index contributed by atoms with van der Waals surface area (Å²) < 4.78 is 2.07. The molecule has 5 nitrogen and oxygen atoms in total. The van der Waals surface area contributed by atoms with E-state index in [9.17, 15) is 4.79 Å². The maximum Gasteiger partial charge on any atom is 0.244 e. The Morgan fingerprint density at radius 1 is 1.41 bits per heavy atom. The first-order valence-electron chi connectivity index (χ1n) is 8.22. The number of hydrogen-bond acceptors (Lipinski definition) is 4. The highest BCUT2D eigenvalue weighted by molar-refractivity contribution is 8.00. The fraction of sp³-hybridized carbons (Fsp3) is 0.750. The van der Waals surface area contributed by atoms with E-state index >= 15 is 0 Å². The standard InChI is InChI=1S/C16H26N4OS/c1-17-14(13-10-18-19(2)11-13)15(21)20-8-9-22-16(12-20)6-4-3-5-7-16/h10-11,14,17H,3-9,12H2,1-2H3. The second kappa shape index (κ2) is 6.62. The van der Waals surface area contributed by atoms with Crippen LogP contribution in [-0.2, 0) is 11.8 Å². The minimum absolute atomic E-state index is 0.195. The van der Waals surface area contributed by atoms with Crippen molar-refractivity contribution in [3.63, 3.8) is 0 Å². The Kier molecular flexibility index (Phi) is 4.78. The minimum Gasteiger partial charge on any atom is -0.339 e. The van der Waals surface area contributed by atoms with Gasteiger partial charge in [-0.1, -0.05) is 19.3 Å². The van der Waals surface area contributed by atoms with Crippen molar-refractivity contribution in [1.29, 1.82) is 0 Å². The quantitative estimate of drug-likeness (QED) is 0.924. The van der Waals surface area contributed by atoms with Crippen molar-refractivity contribution < 1.29 is 4.79 Å². The first kappa shape index (κ1) is 15.9. The van der Waals surface area contributed by atoms with Crippen LogP contribution in [0.5, 0.6) is 0 Å². The third-order valence-corrected chi connectivity index (χ3v) is 6.46. The lowest BCUT2D eigenvalue weighted by molar-refractivity contribution is -0.134. The summed E-state index contributed by atoms with van der Waals surface area (Å²) in [5, 5.41) is 7.37. The molecule has 1 saturated heterocycles. The summed E-state index contributed by atoms with van der Waals surface area (Å²) in [6.07, 6.45) is 10.2. The lowest BCUT2D eigenvalue weighted by Gasteiger charge is -2.45. The molecule has 1 aromatic rings. The lowest BCUT2D eigenvalue weighted by atomic mass is 9.87. The number of nitrogens with one attached hydrogen (secondary N) is 1. The van der Waals surface area contributed by atoms with Gasteiger partial charge in [-0.3, -0.25) is 9.48 Å². The van der Waals surface area contributed by atoms with E-state index in [0.717, 1.165) is 24.4 Å². The molecular weight excluding hydrogens is 296 g/mol. The third kappa shape index (κ3) is 3.18. The number of nitrogens with zero attached hydrogens (tertiary/aromatic N) is 3. The molecule has 1 aromatic heterocycles. The molecule has 1 atom stereocenters. The summed E-state index contributed by atoms with van der Waals surface area (Å²) in [5.41, 5.74) is 0.950. The van der Waals surface area contributed by atoms with Crippen LogP contribution < -0.4 is 5.32 Å². The van der Waals surface area contributed by atoms with Gasteiger partial charge in [-0.05, 0) is 19.9 Å². The summed E-state index contributed by atoms with van der Waals surface area (Å²) in [7, 11) is 3.74. The number of hydrogen-bond donors (Lipinski definition) is 1. The Balaban J connectivity index is 1.72. The predicted octanol–water partition coefficient (Wildman–Crippen LogP) is 1.96. The number of carbonyl (C=O) groups excluding carboxylic acids is 1. The van der Waals surface area contributed by atoms with Crippen molar-refractivity contribution in [2.45, 2.75) is 42.9 Å². The fourth-order valence-electron chi connectivity index (χ4n) is 3.74. The van der Waals surface area contributed by atoms with Gasteiger partial charge in [0.2, 0.25) is 5.91 Å². The molecular formula is C16H26N4OS. The van der Waals surface area contributed by atoms with E-state index in [1.54, 1.807) is 10.9 Å². The number of amides is 1. The van der Waals surface area contributed by atoms with Crippen molar-refractivity contribution in [1.82, 2.24) is 20.0 Å². The molecule has 1 aliphatic carbocycles. The van der Waals surface area contributed by atoms with Crippen LogP contribution in [-0.4, -0.2) is 51.2 Å². The number of carbonyl (C=O) groups is 1. The lowest BCUT2D eigenvalue weighted by Crippen LogP contribution is -2.52. The minimum atomic E-state index is -0.280.